The third-order valence-corrected chi connectivity index (χ3v) is 9.12. The van der Waals surface area contributed by atoms with Crippen LogP contribution in [-0.4, -0.2) is 192 Å². The molecule has 0 spiro atoms. The van der Waals surface area contributed by atoms with E-state index in [4.69, 9.17) is 56.8 Å². The van der Waals surface area contributed by atoms with E-state index in [-0.39, 0.29) is 42.0 Å². The van der Waals surface area contributed by atoms with E-state index >= 15 is 0 Å². The standard InChI is InChI=1S/C43H67N3O17/c1-2-52-13-14-54-17-18-56-21-22-58-25-26-60-29-30-62-33-34-63-32-31-61-28-27-59-24-23-57-20-19-55-16-15-53-12-5-3-4-9-38(47)44-36-8-6-7-35-40(36)43(51)46(42(35)50)37-10-11-39(48)45-41(37)49/h2,6-8,37H,1,3-5,9-34H2,(H,44,47)(H,45,48,49). The maximum absolute atomic E-state index is 13.2. The van der Waals surface area contributed by atoms with Crippen LogP contribution in [0.2, 0.25) is 0 Å². The summed E-state index contributed by atoms with van der Waals surface area (Å²) >= 11 is 0. The van der Waals surface area contributed by atoms with Crippen LogP contribution in [0.4, 0.5) is 5.69 Å². The SMILES string of the molecule is C=COCCOCCOCCOCCOCCOCCOCCOCCOCCOCCOCCOCCCCCC(=O)Nc1cccc2c1C(=O)N(C1CCC(=O)NC1=O)C2=O. The van der Waals surface area contributed by atoms with E-state index < -0.39 is 29.7 Å². The van der Waals surface area contributed by atoms with E-state index in [1.807, 2.05) is 0 Å². The Morgan fingerprint density at radius 3 is 1.44 bits per heavy atom. The van der Waals surface area contributed by atoms with Crippen molar-refractivity contribution in [3.63, 3.8) is 0 Å². The fourth-order valence-electron chi connectivity index (χ4n) is 5.99. The maximum atomic E-state index is 13.2. The lowest BCUT2D eigenvalue weighted by atomic mass is 10.0. The summed E-state index contributed by atoms with van der Waals surface area (Å²) in [6.07, 6.45) is 3.82. The summed E-state index contributed by atoms with van der Waals surface area (Å²) in [5, 5.41) is 4.91. The molecule has 2 aliphatic heterocycles. The van der Waals surface area contributed by atoms with Gasteiger partial charge in [0, 0.05) is 19.4 Å². The smallest absolute Gasteiger partial charge is 0.264 e. The predicted molar refractivity (Wildman–Crippen MR) is 225 cm³/mol. The first-order chi connectivity index (χ1) is 30.9. The first-order valence-electron chi connectivity index (χ1n) is 21.7. The summed E-state index contributed by atoms with van der Waals surface area (Å²) in [5.41, 5.74) is 0.376. The van der Waals surface area contributed by atoms with Gasteiger partial charge in [0.25, 0.3) is 11.8 Å². The Balaban J connectivity index is 0.983. The fraction of sp³-hybridized carbons (Fsp3) is 0.698. The summed E-state index contributed by atoms with van der Waals surface area (Å²) in [6.45, 7) is 14.5. The molecule has 1 fully saturated rings. The number of amides is 5. The van der Waals surface area contributed by atoms with Gasteiger partial charge in [0.15, 0.2) is 0 Å². The number of carbonyl (C=O) groups is 5. The zero-order valence-electron chi connectivity index (χ0n) is 36.5. The molecule has 0 radical (unpaired) electrons. The summed E-state index contributed by atoms with van der Waals surface area (Å²) in [6, 6.07) is 3.52. The van der Waals surface area contributed by atoms with E-state index in [2.05, 4.69) is 17.2 Å². The van der Waals surface area contributed by atoms with Crippen LogP contribution in [-0.2, 0) is 71.2 Å². The number of hydrogen-bond donors (Lipinski definition) is 2. The van der Waals surface area contributed by atoms with E-state index in [0.29, 0.717) is 158 Å². The van der Waals surface area contributed by atoms with Gasteiger partial charge in [-0.05, 0) is 31.4 Å². The first kappa shape index (κ1) is 53.4. The molecule has 20 heteroatoms. The average molecular weight is 898 g/mol. The number of hydrogen-bond acceptors (Lipinski definition) is 17. The number of carbonyl (C=O) groups excluding carboxylic acids is 5. The fourth-order valence-corrected chi connectivity index (χ4v) is 5.99. The molecule has 5 amide bonds. The van der Waals surface area contributed by atoms with Crippen LogP contribution in [0, 0.1) is 0 Å². The van der Waals surface area contributed by atoms with Crippen LogP contribution in [0.5, 0.6) is 0 Å². The van der Waals surface area contributed by atoms with Crippen LogP contribution in [0.25, 0.3) is 0 Å². The average Bonchev–Trinajstić information content (AvgIpc) is 3.53. The van der Waals surface area contributed by atoms with E-state index in [1.165, 1.54) is 12.3 Å². The highest BCUT2D eigenvalue weighted by molar-refractivity contribution is 6.26. The number of unbranched alkanes of at least 4 members (excludes halogenated alkanes) is 2. The number of benzene rings is 1. The zero-order chi connectivity index (χ0) is 45.0. The Hall–Kier alpha value is -3.93. The van der Waals surface area contributed by atoms with E-state index in [9.17, 15) is 24.0 Å². The largest absolute Gasteiger partial charge is 0.499 e. The van der Waals surface area contributed by atoms with Gasteiger partial charge in [-0.25, -0.2) is 0 Å². The molecule has 1 aromatic rings. The van der Waals surface area contributed by atoms with Crippen LogP contribution in [0.1, 0.15) is 59.2 Å². The Morgan fingerprint density at radius 2 is 1.02 bits per heavy atom. The van der Waals surface area contributed by atoms with Crippen molar-refractivity contribution in [2.75, 3.05) is 157 Å². The number of rotatable bonds is 42. The first-order valence-corrected chi connectivity index (χ1v) is 21.7. The zero-order valence-corrected chi connectivity index (χ0v) is 36.5. The Bertz CT molecular complexity index is 1470. The van der Waals surface area contributed by atoms with Crippen molar-refractivity contribution >= 4 is 35.2 Å². The van der Waals surface area contributed by atoms with E-state index in [0.717, 1.165) is 17.7 Å². The third kappa shape index (κ3) is 23.5. The van der Waals surface area contributed by atoms with Gasteiger partial charge < -0.3 is 62.2 Å². The highest BCUT2D eigenvalue weighted by atomic mass is 16.6. The van der Waals surface area contributed by atoms with Gasteiger partial charge in [0.05, 0.1) is 162 Å². The molecular formula is C43H67N3O17. The van der Waals surface area contributed by atoms with Crippen LogP contribution < -0.4 is 10.6 Å². The quantitative estimate of drug-likeness (QED) is 0.0544. The highest BCUT2D eigenvalue weighted by Crippen LogP contribution is 2.32. The molecule has 1 atom stereocenters. The van der Waals surface area contributed by atoms with Gasteiger partial charge in [-0.3, -0.25) is 34.2 Å². The van der Waals surface area contributed by atoms with Crippen molar-refractivity contribution in [3.05, 3.63) is 42.2 Å². The molecule has 0 bridgehead atoms. The molecule has 1 unspecified atom stereocenters. The van der Waals surface area contributed by atoms with Gasteiger partial charge >= 0.3 is 0 Å². The Kier molecular flexibility index (Phi) is 30.0. The number of imide groups is 2. The van der Waals surface area contributed by atoms with Gasteiger partial charge in [0.2, 0.25) is 17.7 Å². The second-order valence-electron chi connectivity index (χ2n) is 13.8. The molecule has 63 heavy (non-hydrogen) atoms. The minimum absolute atomic E-state index is 0.0264. The topological polar surface area (TPSA) is 223 Å². The van der Waals surface area contributed by atoms with Crippen molar-refractivity contribution in [1.29, 1.82) is 0 Å². The molecule has 3 rings (SSSR count). The second kappa shape index (κ2) is 35.4. The Labute approximate surface area is 369 Å². The lowest BCUT2D eigenvalue weighted by Crippen LogP contribution is -2.54. The molecule has 0 aliphatic carbocycles. The van der Waals surface area contributed by atoms with Crippen LogP contribution in [0.3, 0.4) is 0 Å². The number of nitrogens with zero attached hydrogens (tertiary/aromatic N) is 1. The van der Waals surface area contributed by atoms with Crippen molar-refractivity contribution in [3.8, 4) is 0 Å². The van der Waals surface area contributed by atoms with Crippen molar-refractivity contribution < 1.29 is 80.8 Å². The van der Waals surface area contributed by atoms with Crippen molar-refractivity contribution in [1.82, 2.24) is 10.2 Å². The minimum atomic E-state index is -1.08. The summed E-state index contributed by atoms with van der Waals surface area (Å²) in [7, 11) is 0. The molecule has 356 valence electrons. The van der Waals surface area contributed by atoms with Crippen LogP contribution in [0.15, 0.2) is 31.0 Å². The van der Waals surface area contributed by atoms with Gasteiger partial charge in [0.1, 0.15) is 12.6 Å². The summed E-state index contributed by atoms with van der Waals surface area (Å²) in [4.78, 5) is 63.6. The van der Waals surface area contributed by atoms with Gasteiger partial charge in [-0.1, -0.05) is 19.1 Å². The number of piperidine rings is 1. The molecule has 20 nitrogen and oxygen atoms in total. The maximum Gasteiger partial charge on any atom is 0.264 e. The van der Waals surface area contributed by atoms with Crippen molar-refractivity contribution in [2.24, 2.45) is 0 Å². The molecule has 2 aliphatic rings. The normalized spacial score (nSPS) is 14.9. The predicted octanol–water partition coefficient (Wildman–Crippen LogP) is 1.93. The van der Waals surface area contributed by atoms with Gasteiger partial charge in [-0.2, -0.15) is 0 Å². The minimum Gasteiger partial charge on any atom is -0.499 e. The van der Waals surface area contributed by atoms with Gasteiger partial charge in [-0.15, -0.1) is 0 Å². The molecule has 0 aromatic heterocycles. The highest BCUT2D eigenvalue weighted by Gasteiger charge is 2.45. The summed E-state index contributed by atoms with van der Waals surface area (Å²) in [5.74, 6) is -2.72. The molecule has 2 heterocycles. The lowest BCUT2D eigenvalue weighted by molar-refractivity contribution is -0.136. The van der Waals surface area contributed by atoms with Crippen molar-refractivity contribution in [2.45, 2.75) is 44.6 Å². The molecule has 1 saturated heterocycles. The molecule has 0 saturated carbocycles. The molecular weight excluding hydrogens is 830 g/mol. The number of anilines is 1. The second-order valence-corrected chi connectivity index (χ2v) is 13.8. The molecule has 2 N–H and O–H groups in total. The number of ether oxygens (including phenoxy) is 12. The monoisotopic (exact) mass is 897 g/mol. The summed E-state index contributed by atoms with van der Waals surface area (Å²) < 4.78 is 65.2. The number of fused-ring (bicyclic) bond motifs is 1. The number of nitrogens with one attached hydrogen (secondary N) is 2. The van der Waals surface area contributed by atoms with Crippen LogP contribution >= 0.6 is 0 Å². The third-order valence-electron chi connectivity index (χ3n) is 9.12. The molecule has 1 aromatic carbocycles. The Morgan fingerprint density at radius 1 is 0.587 bits per heavy atom. The van der Waals surface area contributed by atoms with E-state index in [1.54, 1.807) is 12.1 Å². The lowest BCUT2D eigenvalue weighted by Gasteiger charge is -2.27.